The van der Waals surface area contributed by atoms with Crippen molar-refractivity contribution in [3.05, 3.63) is 35.0 Å². The maximum absolute atomic E-state index is 13.0. The Labute approximate surface area is 153 Å². The van der Waals surface area contributed by atoms with Gasteiger partial charge in [0.25, 0.3) is 5.91 Å². The third kappa shape index (κ3) is 3.34. The molecule has 0 saturated heterocycles. The third-order valence-corrected chi connectivity index (χ3v) is 4.74. The van der Waals surface area contributed by atoms with Crippen molar-refractivity contribution in [3.8, 4) is 11.5 Å². The summed E-state index contributed by atoms with van der Waals surface area (Å²) in [7, 11) is 3.14. The molecule has 0 radical (unpaired) electrons. The van der Waals surface area contributed by atoms with E-state index < -0.39 is 6.04 Å². The third-order valence-electron chi connectivity index (χ3n) is 4.74. The minimum Gasteiger partial charge on any atom is -0.497 e. The van der Waals surface area contributed by atoms with Crippen molar-refractivity contribution in [2.75, 3.05) is 27.3 Å². The Balaban J connectivity index is 1.96. The fraction of sp³-hybridized carbons (Fsp3) is 0.474. The van der Waals surface area contributed by atoms with Crippen molar-refractivity contribution < 1.29 is 19.1 Å². The summed E-state index contributed by atoms with van der Waals surface area (Å²) in [6.07, 6.45) is 0.917. The van der Waals surface area contributed by atoms with E-state index in [1.54, 1.807) is 37.3 Å². The van der Waals surface area contributed by atoms with Crippen molar-refractivity contribution in [2.45, 2.75) is 26.3 Å². The number of hydrogen-bond donors (Lipinski definition) is 2. The molecule has 0 bridgehead atoms. The van der Waals surface area contributed by atoms with Crippen LogP contribution in [-0.2, 0) is 4.79 Å². The molecule has 0 fully saturated rings. The van der Waals surface area contributed by atoms with E-state index in [0.717, 1.165) is 6.42 Å². The number of urea groups is 1. The molecule has 0 unspecified atom stereocenters. The molecular formula is C19H25N3O4. The van der Waals surface area contributed by atoms with Gasteiger partial charge in [0.2, 0.25) is 0 Å². The second-order valence-electron chi connectivity index (χ2n) is 6.94. The van der Waals surface area contributed by atoms with E-state index in [4.69, 9.17) is 9.47 Å². The molecule has 0 aromatic heterocycles. The summed E-state index contributed by atoms with van der Waals surface area (Å²) in [5, 5.41) is 5.64. The zero-order valence-electron chi connectivity index (χ0n) is 15.6. The zero-order chi connectivity index (χ0) is 18.8. The van der Waals surface area contributed by atoms with Gasteiger partial charge in [-0.2, -0.15) is 0 Å². The SMILES string of the molecule is COc1ccc(OC)c([C@@H]2NC(=O)NC3=C2C(=O)N(CCC(C)C)C3)c1. The summed E-state index contributed by atoms with van der Waals surface area (Å²) < 4.78 is 10.7. The van der Waals surface area contributed by atoms with Crippen LogP contribution in [0.15, 0.2) is 29.5 Å². The number of carbonyl (C=O) groups excluding carboxylic acids is 2. The molecule has 1 aromatic rings. The van der Waals surface area contributed by atoms with Gasteiger partial charge < -0.3 is 25.0 Å². The summed E-state index contributed by atoms with van der Waals surface area (Å²) in [5.41, 5.74) is 1.94. The van der Waals surface area contributed by atoms with Crippen LogP contribution >= 0.6 is 0 Å². The monoisotopic (exact) mass is 359 g/mol. The number of amides is 3. The molecule has 3 amide bonds. The Morgan fingerprint density at radius 2 is 2.00 bits per heavy atom. The van der Waals surface area contributed by atoms with Crippen LogP contribution < -0.4 is 20.1 Å². The number of methoxy groups -OCH3 is 2. The van der Waals surface area contributed by atoms with Gasteiger partial charge >= 0.3 is 6.03 Å². The van der Waals surface area contributed by atoms with Crippen molar-refractivity contribution in [1.29, 1.82) is 0 Å². The van der Waals surface area contributed by atoms with Crippen molar-refractivity contribution in [3.63, 3.8) is 0 Å². The molecule has 0 spiro atoms. The second kappa shape index (κ2) is 7.27. The predicted octanol–water partition coefficient (Wildman–Crippen LogP) is 2.20. The fourth-order valence-corrected chi connectivity index (χ4v) is 3.32. The van der Waals surface area contributed by atoms with Crippen LogP contribution in [0.1, 0.15) is 31.9 Å². The largest absolute Gasteiger partial charge is 0.497 e. The standard InChI is InChI=1S/C19H25N3O4/c1-11(2)7-8-22-10-14-16(18(22)23)17(21-19(24)20-14)13-9-12(25-3)5-6-15(13)26-4/h5-6,9,11,17H,7-8,10H2,1-4H3,(H2,20,21,24)/t17-/m0/s1. The molecule has 3 rings (SSSR count). The average Bonchev–Trinajstić information content (AvgIpc) is 2.94. The maximum Gasteiger partial charge on any atom is 0.319 e. The van der Waals surface area contributed by atoms with Gasteiger partial charge in [-0.25, -0.2) is 4.79 Å². The molecule has 0 saturated carbocycles. The fourth-order valence-electron chi connectivity index (χ4n) is 3.32. The number of rotatable bonds is 6. The lowest BCUT2D eigenvalue weighted by Crippen LogP contribution is -2.44. The number of hydrogen-bond acceptors (Lipinski definition) is 4. The highest BCUT2D eigenvalue weighted by atomic mass is 16.5. The van der Waals surface area contributed by atoms with E-state index >= 15 is 0 Å². The number of carbonyl (C=O) groups is 2. The summed E-state index contributed by atoms with van der Waals surface area (Å²) in [6.45, 7) is 5.35. The first kappa shape index (κ1) is 18.1. The highest BCUT2D eigenvalue weighted by Gasteiger charge is 2.41. The first-order valence-corrected chi connectivity index (χ1v) is 8.76. The normalized spacial score (nSPS) is 19.4. The molecule has 2 heterocycles. The van der Waals surface area contributed by atoms with Gasteiger partial charge in [-0.1, -0.05) is 13.8 Å². The molecule has 140 valence electrons. The molecule has 26 heavy (non-hydrogen) atoms. The number of ether oxygens (including phenoxy) is 2. The highest BCUT2D eigenvalue weighted by molar-refractivity contribution is 6.01. The Bertz CT molecular complexity index is 757. The second-order valence-corrected chi connectivity index (χ2v) is 6.94. The smallest absolute Gasteiger partial charge is 0.319 e. The van der Waals surface area contributed by atoms with Gasteiger partial charge in [0.05, 0.1) is 38.1 Å². The van der Waals surface area contributed by atoms with E-state index in [2.05, 4.69) is 24.5 Å². The molecule has 7 nitrogen and oxygen atoms in total. The molecule has 2 N–H and O–H groups in total. The molecule has 0 aliphatic carbocycles. The molecule has 1 atom stereocenters. The lowest BCUT2D eigenvalue weighted by molar-refractivity contribution is -0.125. The van der Waals surface area contributed by atoms with Gasteiger partial charge in [0.1, 0.15) is 11.5 Å². The molecular weight excluding hydrogens is 334 g/mol. The predicted molar refractivity (Wildman–Crippen MR) is 97.0 cm³/mol. The summed E-state index contributed by atoms with van der Waals surface area (Å²) in [5.74, 6) is 1.68. The first-order chi connectivity index (χ1) is 12.4. The van der Waals surface area contributed by atoms with E-state index in [1.165, 1.54) is 0 Å². The van der Waals surface area contributed by atoms with Gasteiger partial charge in [-0.15, -0.1) is 0 Å². The van der Waals surface area contributed by atoms with E-state index in [0.29, 0.717) is 47.3 Å². The highest BCUT2D eigenvalue weighted by Crippen LogP contribution is 2.38. The number of nitrogens with zero attached hydrogens (tertiary/aromatic N) is 1. The summed E-state index contributed by atoms with van der Waals surface area (Å²) in [6, 6.07) is 4.46. The number of benzene rings is 1. The molecule has 2 aliphatic heterocycles. The van der Waals surface area contributed by atoms with Gasteiger partial charge in [-0.05, 0) is 30.5 Å². The summed E-state index contributed by atoms with van der Waals surface area (Å²) >= 11 is 0. The van der Waals surface area contributed by atoms with E-state index in [-0.39, 0.29) is 11.9 Å². The average molecular weight is 359 g/mol. The Hall–Kier alpha value is -2.70. The van der Waals surface area contributed by atoms with Crippen LogP contribution in [-0.4, -0.2) is 44.1 Å². The van der Waals surface area contributed by atoms with Crippen LogP contribution in [0.3, 0.4) is 0 Å². The van der Waals surface area contributed by atoms with Crippen molar-refractivity contribution >= 4 is 11.9 Å². The van der Waals surface area contributed by atoms with Gasteiger partial charge in [0.15, 0.2) is 0 Å². The van der Waals surface area contributed by atoms with Crippen LogP contribution in [0.4, 0.5) is 4.79 Å². The minimum absolute atomic E-state index is 0.0528. The Kier molecular flexibility index (Phi) is 5.06. The van der Waals surface area contributed by atoms with E-state index in [9.17, 15) is 9.59 Å². The molecule has 7 heteroatoms. The Morgan fingerprint density at radius 1 is 1.23 bits per heavy atom. The lowest BCUT2D eigenvalue weighted by Gasteiger charge is -2.27. The first-order valence-electron chi connectivity index (χ1n) is 8.76. The van der Waals surface area contributed by atoms with Crippen molar-refractivity contribution in [2.24, 2.45) is 5.92 Å². The van der Waals surface area contributed by atoms with Crippen LogP contribution in [0.2, 0.25) is 0 Å². The quantitative estimate of drug-likeness (QED) is 0.816. The van der Waals surface area contributed by atoms with Gasteiger partial charge in [0, 0.05) is 12.1 Å². The Morgan fingerprint density at radius 3 is 2.65 bits per heavy atom. The minimum atomic E-state index is -0.569. The van der Waals surface area contributed by atoms with Crippen LogP contribution in [0.25, 0.3) is 0 Å². The van der Waals surface area contributed by atoms with E-state index in [1.807, 2.05) is 0 Å². The van der Waals surface area contributed by atoms with Crippen molar-refractivity contribution in [1.82, 2.24) is 15.5 Å². The molecule has 2 aliphatic rings. The summed E-state index contributed by atoms with van der Waals surface area (Å²) in [4.78, 5) is 27.0. The van der Waals surface area contributed by atoms with Crippen LogP contribution in [0.5, 0.6) is 11.5 Å². The zero-order valence-corrected chi connectivity index (χ0v) is 15.6. The molecule has 1 aromatic carbocycles. The topological polar surface area (TPSA) is 79.9 Å². The van der Waals surface area contributed by atoms with Gasteiger partial charge in [-0.3, -0.25) is 4.79 Å². The number of nitrogens with one attached hydrogen (secondary N) is 2. The lowest BCUT2D eigenvalue weighted by atomic mass is 9.95. The maximum atomic E-state index is 13.0. The van der Waals surface area contributed by atoms with Crippen LogP contribution in [0, 0.1) is 5.92 Å².